The monoisotopic (exact) mass is 281 g/mol. The molecule has 0 saturated heterocycles. The Hall–Kier alpha value is -0.980. The zero-order valence-electron chi connectivity index (χ0n) is 11.0. The molecule has 2 amide bonds. The van der Waals surface area contributed by atoms with Crippen LogP contribution in [0.15, 0.2) is 0 Å². The van der Waals surface area contributed by atoms with Crippen LogP contribution in [0, 0.1) is 0 Å². The summed E-state index contributed by atoms with van der Waals surface area (Å²) < 4.78 is 35.5. The average molecular weight is 281 g/mol. The van der Waals surface area contributed by atoms with E-state index in [2.05, 4.69) is 10.6 Å². The SMILES string of the molecule is O=C(NCCNC1CCCCCC1)NCC(F)(F)F. The first-order chi connectivity index (χ1) is 8.97. The lowest BCUT2D eigenvalue weighted by Gasteiger charge is -2.16. The van der Waals surface area contributed by atoms with Crippen molar-refractivity contribution in [1.82, 2.24) is 16.0 Å². The van der Waals surface area contributed by atoms with Crippen molar-refractivity contribution in [3.05, 3.63) is 0 Å². The molecule has 19 heavy (non-hydrogen) atoms. The zero-order valence-corrected chi connectivity index (χ0v) is 11.0. The fourth-order valence-corrected chi connectivity index (χ4v) is 2.18. The van der Waals surface area contributed by atoms with Crippen LogP contribution < -0.4 is 16.0 Å². The standard InChI is InChI=1S/C12H22F3N3O/c13-12(14,15)9-18-11(19)17-8-7-16-10-5-3-1-2-4-6-10/h10,16H,1-9H2,(H2,17,18,19). The molecule has 0 bridgehead atoms. The number of hydrogen-bond donors (Lipinski definition) is 3. The van der Waals surface area contributed by atoms with Gasteiger partial charge in [-0.15, -0.1) is 0 Å². The van der Waals surface area contributed by atoms with Crippen molar-refractivity contribution >= 4 is 6.03 Å². The smallest absolute Gasteiger partial charge is 0.337 e. The third-order valence-electron chi connectivity index (χ3n) is 3.15. The molecule has 1 rings (SSSR count). The fraction of sp³-hybridized carbons (Fsp3) is 0.917. The van der Waals surface area contributed by atoms with Crippen LogP contribution in [-0.4, -0.2) is 37.9 Å². The topological polar surface area (TPSA) is 53.2 Å². The van der Waals surface area contributed by atoms with Gasteiger partial charge >= 0.3 is 12.2 Å². The van der Waals surface area contributed by atoms with Crippen LogP contribution in [0.2, 0.25) is 0 Å². The minimum absolute atomic E-state index is 0.334. The van der Waals surface area contributed by atoms with E-state index in [4.69, 9.17) is 0 Å². The molecular weight excluding hydrogens is 259 g/mol. The van der Waals surface area contributed by atoms with E-state index in [1.165, 1.54) is 25.7 Å². The second-order valence-electron chi connectivity index (χ2n) is 4.87. The molecule has 0 aromatic rings. The van der Waals surface area contributed by atoms with E-state index in [1.54, 1.807) is 5.32 Å². The summed E-state index contributed by atoms with van der Waals surface area (Å²) in [5, 5.41) is 7.49. The second kappa shape index (κ2) is 8.24. The summed E-state index contributed by atoms with van der Waals surface area (Å²) in [6, 6.07) is -0.303. The summed E-state index contributed by atoms with van der Waals surface area (Å²) >= 11 is 0. The Balaban J connectivity index is 2.01. The highest BCUT2D eigenvalue weighted by Gasteiger charge is 2.27. The van der Waals surface area contributed by atoms with Gasteiger partial charge in [-0.05, 0) is 12.8 Å². The van der Waals surface area contributed by atoms with Crippen molar-refractivity contribution in [1.29, 1.82) is 0 Å². The maximum atomic E-state index is 11.8. The molecule has 0 spiro atoms. The van der Waals surface area contributed by atoms with Gasteiger partial charge in [-0.25, -0.2) is 4.79 Å². The highest BCUT2D eigenvalue weighted by Crippen LogP contribution is 2.16. The van der Waals surface area contributed by atoms with Gasteiger partial charge in [0.2, 0.25) is 0 Å². The molecule has 0 aliphatic heterocycles. The van der Waals surface area contributed by atoms with E-state index >= 15 is 0 Å². The molecule has 4 nitrogen and oxygen atoms in total. The Bertz CT molecular complexity index is 263. The molecule has 0 atom stereocenters. The molecule has 0 aromatic heterocycles. The maximum absolute atomic E-state index is 11.8. The predicted octanol–water partition coefficient (Wildman–Crippen LogP) is 2.16. The van der Waals surface area contributed by atoms with E-state index in [1.807, 2.05) is 0 Å². The summed E-state index contributed by atoms with van der Waals surface area (Å²) in [6.07, 6.45) is 2.90. The van der Waals surface area contributed by atoms with Gasteiger partial charge in [-0.3, -0.25) is 0 Å². The van der Waals surface area contributed by atoms with Gasteiger partial charge in [-0.1, -0.05) is 25.7 Å². The second-order valence-corrected chi connectivity index (χ2v) is 4.87. The molecule has 112 valence electrons. The van der Waals surface area contributed by atoms with Crippen molar-refractivity contribution < 1.29 is 18.0 Å². The van der Waals surface area contributed by atoms with Crippen LogP contribution in [0.5, 0.6) is 0 Å². The highest BCUT2D eigenvalue weighted by molar-refractivity contribution is 5.73. The van der Waals surface area contributed by atoms with Crippen molar-refractivity contribution in [2.24, 2.45) is 0 Å². The summed E-state index contributed by atoms with van der Waals surface area (Å²) in [5.74, 6) is 0. The van der Waals surface area contributed by atoms with Gasteiger partial charge in [0.1, 0.15) is 6.54 Å². The number of urea groups is 1. The first-order valence-corrected chi connectivity index (χ1v) is 6.79. The molecule has 0 aromatic carbocycles. The first-order valence-electron chi connectivity index (χ1n) is 6.79. The van der Waals surface area contributed by atoms with Crippen LogP contribution in [-0.2, 0) is 0 Å². The summed E-state index contributed by atoms with van der Waals surface area (Å²) in [4.78, 5) is 11.0. The number of amides is 2. The lowest BCUT2D eigenvalue weighted by Crippen LogP contribution is -2.44. The molecule has 0 unspecified atom stereocenters. The minimum atomic E-state index is -4.37. The van der Waals surface area contributed by atoms with E-state index in [0.29, 0.717) is 19.1 Å². The Morgan fingerprint density at radius 3 is 2.21 bits per heavy atom. The van der Waals surface area contributed by atoms with Crippen LogP contribution in [0.1, 0.15) is 38.5 Å². The van der Waals surface area contributed by atoms with Gasteiger partial charge in [0, 0.05) is 19.1 Å². The van der Waals surface area contributed by atoms with Crippen molar-refractivity contribution in [3.8, 4) is 0 Å². The van der Waals surface area contributed by atoms with E-state index in [9.17, 15) is 18.0 Å². The number of nitrogens with one attached hydrogen (secondary N) is 3. The fourth-order valence-electron chi connectivity index (χ4n) is 2.18. The molecule has 1 aliphatic carbocycles. The summed E-state index contributed by atoms with van der Waals surface area (Å²) in [6.45, 7) is -0.376. The Morgan fingerprint density at radius 2 is 1.63 bits per heavy atom. The molecule has 1 fully saturated rings. The number of alkyl halides is 3. The van der Waals surface area contributed by atoms with Gasteiger partial charge in [0.25, 0.3) is 0 Å². The number of halogens is 3. The number of carbonyl (C=O) groups is 1. The average Bonchev–Trinajstić information content (AvgIpc) is 2.60. The van der Waals surface area contributed by atoms with E-state index in [-0.39, 0.29) is 0 Å². The summed E-state index contributed by atoms with van der Waals surface area (Å²) in [7, 11) is 0. The molecule has 1 saturated carbocycles. The van der Waals surface area contributed by atoms with E-state index in [0.717, 1.165) is 12.8 Å². The van der Waals surface area contributed by atoms with Crippen molar-refractivity contribution in [2.75, 3.05) is 19.6 Å². The van der Waals surface area contributed by atoms with Gasteiger partial charge in [-0.2, -0.15) is 13.2 Å². The third-order valence-corrected chi connectivity index (χ3v) is 3.15. The molecule has 7 heteroatoms. The molecule has 1 aliphatic rings. The van der Waals surface area contributed by atoms with Gasteiger partial charge < -0.3 is 16.0 Å². The van der Waals surface area contributed by atoms with Crippen LogP contribution in [0.3, 0.4) is 0 Å². The normalized spacial score (nSPS) is 17.8. The lowest BCUT2D eigenvalue weighted by atomic mass is 10.1. The number of hydrogen-bond acceptors (Lipinski definition) is 2. The molecule has 0 heterocycles. The van der Waals surface area contributed by atoms with Crippen LogP contribution in [0.4, 0.5) is 18.0 Å². The Morgan fingerprint density at radius 1 is 1.00 bits per heavy atom. The maximum Gasteiger partial charge on any atom is 0.405 e. The van der Waals surface area contributed by atoms with Crippen LogP contribution in [0.25, 0.3) is 0 Å². The van der Waals surface area contributed by atoms with Crippen LogP contribution >= 0.6 is 0 Å². The largest absolute Gasteiger partial charge is 0.405 e. The van der Waals surface area contributed by atoms with E-state index < -0.39 is 18.8 Å². The Labute approximate surface area is 111 Å². The minimum Gasteiger partial charge on any atom is -0.337 e. The van der Waals surface area contributed by atoms with Gasteiger partial charge in [0.15, 0.2) is 0 Å². The molecule has 3 N–H and O–H groups in total. The summed E-state index contributed by atoms with van der Waals surface area (Å²) in [5.41, 5.74) is 0. The zero-order chi connectivity index (χ0) is 14.1. The number of rotatable bonds is 5. The van der Waals surface area contributed by atoms with Gasteiger partial charge in [0.05, 0.1) is 0 Å². The van der Waals surface area contributed by atoms with Crippen molar-refractivity contribution in [2.45, 2.75) is 50.7 Å². The first kappa shape index (κ1) is 16.1. The third kappa shape index (κ3) is 8.69. The quantitative estimate of drug-likeness (QED) is 0.534. The highest BCUT2D eigenvalue weighted by atomic mass is 19.4. The predicted molar refractivity (Wildman–Crippen MR) is 66.9 cm³/mol. The Kier molecular flexibility index (Phi) is 6.97. The number of carbonyl (C=O) groups excluding carboxylic acids is 1. The molecule has 0 radical (unpaired) electrons. The van der Waals surface area contributed by atoms with Crippen molar-refractivity contribution in [3.63, 3.8) is 0 Å². The molecular formula is C12H22F3N3O. The lowest BCUT2D eigenvalue weighted by molar-refractivity contribution is -0.122.